The van der Waals surface area contributed by atoms with Crippen molar-refractivity contribution in [1.82, 2.24) is 0 Å². The minimum absolute atomic E-state index is 0.0569. The number of rotatable bonds is 8. The topological polar surface area (TPSA) is 203 Å². The number of aliphatic hydroxyl groups is 4. The second kappa shape index (κ2) is 11.2. The van der Waals surface area contributed by atoms with Gasteiger partial charge in [-0.25, -0.2) is 4.79 Å². The summed E-state index contributed by atoms with van der Waals surface area (Å²) in [4.78, 5) is 24.3. The maximum Gasteiger partial charge on any atom is 0.338 e. The van der Waals surface area contributed by atoms with Gasteiger partial charge in [0.25, 0.3) is 0 Å². The first-order chi connectivity index (χ1) is 17.6. The summed E-state index contributed by atoms with van der Waals surface area (Å²) >= 11 is 0. The molecule has 1 saturated heterocycles. The molecule has 212 valence electrons. The minimum Gasteiger partial charge on any atom is -0.504 e. The van der Waals surface area contributed by atoms with Gasteiger partial charge < -0.3 is 50.0 Å². The summed E-state index contributed by atoms with van der Waals surface area (Å²) in [5, 5.41) is 70.9. The van der Waals surface area contributed by atoms with E-state index in [4.69, 9.17) is 14.2 Å². The highest BCUT2D eigenvalue weighted by Crippen LogP contribution is 2.46. The van der Waals surface area contributed by atoms with Crippen LogP contribution in [0.1, 0.15) is 57.3 Å². The van der Waals surface area contributed by atoms with Gasteiger partial charge in [-0.1, -0.05) is 13.8 Å². The van der Waals surface area contributed by atoms with Crippen LogP contribution in [0.5, 0.6) is 17.2 Å². The Bertz CT molecular complexity index is 1060. The van der Waals surface area contributed by atoms with Crippen LogP contribution in [-0.4, -0.2) is 96.5 Å². The van der Waals surface area contributed by atoms with Crippen molar-refractivity contribution in [1.29, 1.82) is 0 Å². The van der Waals surface area contributed by atoms with E-state index in [-0.39, 0.29) is 24.2 Å². The average molecular weight is 541 g/mol. The van der Waals surface area contributed by atoms with Gasteiger partial charge in [0.1, 0.15) is 31.0 Å². The van der Waals surface area contributed by atoms with Gasteiger partial charge in [0.15, 0.2) is 29.3 Å². The molecule has 1 aromatic carbocycles. The molecule has 1 aliphatic carbocycles. The molecular formula is C26H36O12. The van der Waals surface area contributed by atoms with Crippen molar-refractivity contribution in [3.8, 4) is 17.2 Å². The van der Waals surface area contributed by atoms with Crippen LogP contribution in [0.3, 0.4) is 0 Å². The van der Waals surface area contributed by atoms with Crippen LogP contribution in [0.25, 0.3) is 0 Å². The molecule has 12 heteroatoms. The average Bonchev–Trinajstić information content (AvgIpc) is 2.83. The molecule has 0 bridgehead atoms. The molecule has 2 aliphatic rings. The molecule has 0 aromatic heterocycles. The molecule has 1 aromatic rings. The van der Waals surface area contributed by atoms with Gasteiger partial charge in [-0.3, -0.25) is 4.79 Å². The van der Waals surface area contributed by atoms with E-state index in [0.717, 1.165) is 12.1 Å². The summed E-state index contributed by atoms with van der Waals surface area (Å²) in [6.07, 6.45) is -6.06. The molecule has 7 unspecified atom stereocenters. The summed E-state index contributed by atoms with van der Waals surface area (Å²) in [5.74, 6) is -3.38. The Kier molecular flexibility index (Phi) is 8.76. The monoisotopic (exact) mass is 540 g/mol. The third kappa shape index (κ3) is 5.95. The van der Waals surface area contributed by atoms with Gasteiger partial charge in [-0.2, -0.15) is 0 Å². The smallest absolute Gasteiger partial charge is 0.338 e. The van der Waals surface area contributed by atoms with Crippen molar-refractivity contribution in [2.45, 2.75) is 89.4 Å². The number of phenols is 3. The van der Waals surface area contributed by atoms with Crippen LogP contribution >= 0.6 is 0 Å². The van der Waals surface area contributed by atoms with Crippen LogP contribution in [0.15, 0.2) is 23.8 Å². The van der Waals surface area contributed by atoms with Crippen molar-refractivity contribution in [2.24, 2.45) is 5.41 Å². The summed E-state index contributed by atoms with van der Waals surface area (Å²) in [7, 11) is 0. The van der Waals surface area contributed by atoms with Gasteiger partial charge in [0, 0.05) is 11.8 Å². The molecule has 3 rings (SSSR count). The number of benzene rings is 1. The zero-order chi connectivity index (χ0) is 28.6. The second-order valence-corrected chi connectivity index (χ2v) is 10.7. The first-order valence-corrected chi connectivity index (χ1v) is 12.3. The third-order valence-corrected chi connectivity index (χ3v) is 7.40. The maximum absolute atomic E-state index is 12.3. The maximum atomic E-state index is 12.3. The van der Waals surface area contributed by atoms with Crippen LogP contribution in [0, 0.1) is 5.41 Å². The summed E-state index contributed by atoms with van der Waals surface area (Å²) in [6, 6.07) is 1.74. The van der Waals surface area contributed by atoms with Crippen LogP contribution in [0.4, 0.5) is 0 Å². The summed E-state index contributed by atoms with van der Waals surface area (Å²) in [6.45, 7) is 6.42. The lowest BCUT2D eigenvalue weighted by Crippen LogP contribution is -2.60. The fourth-order valence-electron chi connectivity index (χ4n) is 4.90. The fourth-order valence-corrected chi connectivity index (χ4v) is 4.90. The number of ketones is 1. The molecule has 0 amide bonds. The zero-order valence-corrected chi connectivity index (χ0v) is 21.7. The molecular weight excluding hydrogens is 504 g/mol. The summed E-state index contributed by atoms with van der Waals surface area (Å²) < 4.78 is 16.4. The predicted octanol–water partition coefficient (Wildman–Crippen LogP) is 0.629. The van der Waals surface area contributed by atoms with E-state index in [0.29, 0.717) is 12.0 Å². The highest BCUT2D eigenvalue weighted by Gasteiger charge is 2.49. The largest absolute Gasteiger partial charge is 0.504 e. The van der Waals surface area contributed by atoms with E-state index in [2.05, 4.69) is 0 Å². The van der Waals surface area contributed by atoms with Crippen LogP contribution in [-0.2, 0) is 19.0 Å². The molecule has 7 atom stereocenters. The van der Waals surface area contributed by atoms with E-state index >= 15 is 0 Å². The van der Waals surface area contributed by atoms with E-state index in [1.165, 1.54) is 6.08 Å². The molecule has 1 heterocycles. The lowest BCUT2D eigenvalue weighted by atomic mass is 9.63. The molecule has 1 fully saturated rings. The number of aliphatic hydroxyl groups excluding tert-OH is 3. The minimum atomic E-state index is -1.69. The number of hydrogen-bond acceptors (Lipinski definition) is 12. The SMILES string of the molecule is CC1=CC(=O)CC(C)(C)C1(O)CCC(C)OC1OC(COC(=O)c2cc(O)c(O)c(O)c2)C(O)C(O)C1O. The zero-order valence-electron chi connectivity index (χ0n) is 21.7. The molecule has 38 heavy (non-hydrogen) atoms. The van der Waals surface area contributed by atoms with Crippen molar-refractivity contribution >= 4 is 11.8 Å². The number of phenolic OH excluding ortho intramolecular Hbond substituents is 3. The molecule has 12 nitrogen and oxygen atoms in total. The van der Waals surface area contributed by atoms with Crippen LogP contribution in [0.2, 0.25) is 0 Å². The van der Waals surface area contributed by atoms with Crippen molar-refractivity contribution in [2.75, 3.05) is 6.61 Å². The number of allylic oxidation sites excluding steroid dienone is 1. The number of carbonyl (C=O) groups excluding carboxylic acids is 2. The Balaban J connectivity index is 1.62. The van der Waals surface area contributed by atoms with E-state index in [1.54, 1.807) is 13.8 Å². The van der Waals surface area contributed by atoms with Crippen LogP contribution < -0.4 is 0 Å². The first-order valence-electron chi connectivity index (χ1n) is 12.3. The van der Waals surface area contributed by atoms with E-state index in [9.17, 15) is 45.3 Å². The standard InChI is InChI=1S/C26H36O12/c1-12-7-15(27)10-25(3,4)26(12,35)6-5-13(2)37-24-22(33)21(32)20(31)18(38-24)11-36-23(34)14-8-16(28)19(30)17(29)9-14/h7-9,13,18,20-22,24,28-33,35H,5-6,10-11H2,1-4H3. The Morgan fingerprint density at radius 1 is 1.11 bits per heavy atom. The number of esters is 1. The molecule has 0 spiro atoms. The van der Waals surface area contributed by atoms with Gasteiger partial charge in [-0.15, -0.1) is 0 Å². The predicted molar refractivity (Wildman–Crippen MR) is 130 cm³/mol. The van der Waals surface area contributed by atoms with Crippen molar-refractivity contribution < 1.29 is 59.5 Å². The number of aromatic hydroxyl groups is 3. The fraction of sp³-hybridized carbons (Fsp3) is 0.615. The number of ether oxygens (including phenoxy) is 3. The van der Waals surface area contributed by atoms with Gasteiger partial charge in [0.05, 0.1) is 17.3 Å². The van der Waals surface area contributed by atoms with Gasteiger partial charge in [0.2, 0.25) is 0 Å². The molecule has 7 N–H and O–H groups in total. The quantitative estimate of drug-likeness (QED) is 0.179. The first kappa shape index (κ1) is 29.8. The second-order valence-electron chi connectivity index (χ2n) is 10.7. The highest BCUT2D eigenvalue weighted by molar-refractivity contribution is 5.92. The molecule has 0 saturated carbocycles. The number of hydrogen-bond donors (Lipinski definition) is 7. The molecule has 0 radical (unpaired) electrons. The Labute approximate surface area is 219 Å². The lowest BCUT2D eigenvalue weighted by molar-refractivity contribution is -0.310. The van der Waals surface area contributed by atoms with Gasteiger partial charge in [-0.05, 0) is 50.5 Å². The number of carbonyl (C=O) groups is 2. The lowest BCUT2D eigenvalue weighted by Gasteiger charge is -2.46. The molecule has 1 aliphatic heterocycles. The Hall–Kier alpha value is -2.74. The van der Waals surface area contributed by atoms with Crippen molar-refractivity contribution in [3.63, 3.8) is 0 Å². The third-order valence-electron chi connectivity index (χ3n) is 7.40. The van der Waals surface area contributed by atoms with Gasteiger partial charge >= 0.3 is 5.97 Å². The Morgan fingerprint density at radius 3 is 2.29 bits per heavy atom. The van der Waals surface area contributed by atoms with Crippen molar-refractivity contribution in [3.05, 3.63) is 29.3 Å². The van der Waals surface area contributed by atoms with E-state index < -0.39 is 77.7 Å². The Morgan fingerprint density at radius 2 is 1.71 bits per heavy atom. The summed E-state index contributed by atoms with van der Waals surface area (Å²) in [5.41, 5.74) is -1.70. The van der Waals surface area contributed by atoms with E-state index in [1.807, 2.05) is 13.8 Å². The highest BCUT2D eigenvalue weighted by atomic mass is 16.7. The normalized spacial score (nSPS) is 31.9.